The van der Waals surface area contributed by atoms with Crippen LogP contribution in [0.5, 0.6) is 0 Å². The van der Waals surface area contributed by atoms with Gasteiger partial charge in [-0.05, 0) is 38.0 Å². The summed E-state index contributed by atoms with van der Waals surface area (Å²) in [7, 11) is 0. The summed E-state index contributed by atoms with van der Waals surface area (Å²) in [5, 5.41) is 9.58. The molecule has 182 valence electrons. The van der Waals surface area contributed by atoms with Crippen LogP contribution in [0, 0.1) is 0 Å². The van der Waals surface area contributed by atoms with Gasteiger partial charge < -0.3 is 20.3 Å². The predicted molar refractivity (Wildman–Crippen MR) is 122 cm³/mol. The van der Waals surface area contributed by atoms with E-state index in [1.165, 1.54) is 13.1 Å². The second-order valence-corrected chi connectivity index (χ2v) is 8.60. The zero-order valence-corrected chi connectivity index (χ0v) is 18.7. The molecular weight excluding hydrogens is 463 g/mol. The van der Waals surface area contributed by atoms with Gasteiger partial charge >= 0.3 is 6.18 Å². The van der Waals surface area contributed by atoms with Crippen molar-refractivity contribution in [3.63, 3.8) is 0 Å². The summed E-state index contributed by atoms with van der Waals surface area (Å²) in [5.74, 6) is -0.889. The van der Waals surface area contributed by atoms with Gasteiger partial charge in [0.25, 0.3) is 5.91 Å². The fourth-order valence-corrected chi connectivity index (χ4v) is 4.48. The Morgan fingerprint density at radius 2 is 1.89 bits per heavy atom. The smallest absolute Gasteiger partial charge is 0.384 e. The maximum Gasteiger partial charge on any atom is 0.419 e. The third-order valence-electron chi connectivity index (χ3n) is 6.29. The normalized spacial score (nSPS) is 16.2. The average Bonchev–Trinajstić information content (AvgIpc) is 3.27. The summed E-state index contributed by atoms with van der Waals surface area (Å²) in [6, 6.07) is 4.26. The van der Waals surface area contributed by atoms with E-state index in [1.807, 2.05) is 4.57 Å². The number of carbonyl (C=O) groups excluding carboxylic acids is 1. The Kier molecular flexibility index (Phi) is 5.55. The van der Waals surface area contributed by atoms with Crippen LogP contribution in [0.15, 0.2) is 36.9 Å². The maximum atomic E-state index is 13.3. The molecule has 0 saturated carbocycles. The SMILES string of the molecule is CC(O)C(=O)N1CCC(n2cnc3cnc4ccc(-c5cnc(N)c(C(F)(F)F)c5)nc4c32)CC1. The number of piperidine rings is 1. The minimum absolute atomic E-state index is 0.0316. The van der Waals surface area contributed by atoms with E-state index in [2.05, 4.69) is 19.9 Å². The number of halogens is 3. The van der Waals surface area contributed by atoms with Gasteiger partial charge in [-0.25, -0.2) is 15.0 Å². The molecular formula is C23H22F3N7O2. The van der Waals surface area contributed by atoms with Crippen LogP contribution in [-0.2, 0) is 11.0 Å². The molecule has 1 aliphatic heterocycles. The van der Waals surface area contributed by atoms with Crippen molar-refractivity contribution in [1.82, 2.24) is 29.4 Å². The lowest BCUT2D eigenvalue weighted by Gasteiger charge is -2.33. The van der Waals surface area contributed by atoms with E-state index >= 15 is 0 Å². The van der Waals surface area contributed by atoms with Crippen LogP contribution < -0.4 is 5.73 Å². The molecule has 1 amide bonds. The largest absolute Gasteiger partial charge is 0.419 e. The van der Waals surface area contributed by atoms with Crippen LogP contribution in [0.2, 0.25) is 0 Å². The van der Waals surface area contributed by atoms with E-state index in [4.69, 9.17) is 5.73 Å². The van der Waals surface area contributed by atoms with Gasteiger partial charge in [0.15, 0.2) is 0 Å². The number of amides is 1. The third kappa shape index (κ3) is 4.14. The van der Waals surface area contributed by atoms with Crippen LogP contribution in [-0.4, -0.2) is 59.6 Å². The van der Waals surface area contributed by atoms with Crippen molar-refractivity contribution in [2.45, 2.75) is 38.1 Å². The standard InChI is InChI=1S/C23H22F3N7O2/c1-12(34)22(35)32-6-4-14(5-7-32)33-11-30-18-10-28-17-3-2-16(31-19(17)20(18)33)13-8-15(23(24,25)26)21(27)29-9-13/h2-3,8-12,14,34H,4-7H2,1H3,(H2,27,29). The first-order valence-electron chi connectivity index (χ1n) is 11.1. The lowest BCUT2D eigenvalue weighted by atomic mass is 10.0. The van der Waals surface area contributed by atoms with Crippen molar-refractivity contribution in [2.75, 3.05) is 18.8 Å². The topological polar surface area (TPSA) is 123 Å². The summed E-state index contributed by atoms with van der Waals surface area (Å²) in [5.41, 5.74) is 7.31. The molecule has 0 aromatic carbocycles. The van der Waals surface area contributed by atoms with Gasteiger partial charge in [-0.1, -0.05) is 0 Å². The van der Waals surface area contributed by atoms with E-state index in [1.54, 1.807) is 29.6 Å². The highest BCUT2D eigenvalue weighted by Crippen LogP contribution is 2.36. The Morgan fingerprint density at radius 1 is 1.14 bits per heavy atom. The molecule has 1 unspecified atom stereocenters. The molecule has 5 heterocycles. The first kappa shape index (κ1) is 23.0. The highest BCUT2D eigenvalue weighted by atomic mass is 19.4. The number of imidazole rings is 1. The molecule has 1 aliphatic rings. The molecule has 9 nitrogen and oxygen atoms in total. The predicted octanol–water partition coefficient (Wildman–Crippen LogP) is 3.19. The number of aliphatic hydroxyl groups excluding tert-OH is 1. The van der Waals surface area contributed by atoms with E-state index in [-0.39, 0.29) is 17.5 Å². The maximum absolute atomic E-state index is 13.3. The third-order valence-corrected chi connectivity index (χ3v) is 6.29. The summed E-state index contributed by atoms with van der Waals surface area (Å²) >= 11 is 0. The Labute approximate surface area is 197 Å². The lowest BCUT2D eigenvalue weighted by Crippen LogP contribution is -2.43. The van der Waals surface area contributed by atoms with Crippen LogP contribution in [0.25, 0.3) is 33.3 Å². The molecule has 1 fully saturated rings. The van der Waals surface area contributed by atoms with Gasteiger partial charge in [0, 0.05) is 30.9 Å². The van der Waals surface area contributed by atoms with Crippen molar-refractivity contribution in [2.24, 2.45) is 0 Å². The minimum atomic E-state index is -4.64. The molecule has 35 heavy (non-hydrogen) atoms. The van der Waals surface area contributed by atoms with Crippen LogP contribution >= 0.6 is 0 Å². The van der Waals surface area contributed by atoms with Crippen molar-refractivity contribution < 1.29 is 23.1 Å². The number of alkyl halides is 3. The number of pyridine rings is 3. The molecule has 0 aliphatic carbocycles. The van der Waals surface area contributed by atoms with Crippen LogP contribution in [0.4, 0.5) is 19.0 Å². The number of rotatable bonds is 3. The van der Waals surface area contributed by atoms with Gasteiger partial charge in [-0.3, -0.25) is 9.78 Å². The summed E-state index contributed by atoms with van der Waals surface area (Å²) in [4.78, 5) is 31.0. The number of anilines is 1. The summed E-state index contributed by atoms with van der Waals surface area (Å²) < 4.78 is 42.0. The van der Waals surface area contributed by atoms with Gasteiger partial charge in [-0.2, -0.15) is 13.2 Å². The number of fused-ring (bicyclic) bond motifs is 3. The summed E-state index contributed by atoms with van der Waals surface area (Å²) in [6.45, 7) is 2.44. The number of carbonyl (C=O) groups is 1. The first-order chi connectivity index (χ1) is 16.6. The Morgan fingerprint density at radius 3 is 2.57 bits per heavy atom. The zero-order chi connectivity index (χ0) is 24.9. The van der Waals surface area contributed by atoms with Gasteiger partial charge in [0.05, 0.1) is 34.8 Å². The highest BCUT2D eigenvalue weighted by molar-refractivity contribution is 6.00. The Hall–Kier alpha value is -3.80. The van der Waals surface area contributed by atoms with E-state index in [0.717, 1.165) is 11.6 Å². The van der Waals surface area contributed by atoms with Gasteiger partial charge in [-0.15, -0.1) is 0 Å². The lowest BCUT2D eigenvalue weighted by molar-refractivity contribution is -0.140. The van der Waals surface area contributed by atoms with Crippen LogP contribution in [0.3, 0.4) is 0 Å². The number of likely N-dealkylation sites (tertiary alicyclic amines) is 1. The van der Waals surface area contributed by atoms with Crippen molar-refractivity contribution in [1.29, 1.82) is 0 Å². The van der Waals surface area contributed by atoms with E-state index < -0.39 is 23.7 Å². The van der Waals surface area contributed by atoms with Crippen LogP contribution in [0.1, 0.15) is 31.4 Å². The quantitative estimate of drug-likeness (QED) is 0.457. The Balaban J connectivity index is 1.55. The second-order valence-electron chi connectivity index (χ2n) is 8.60. The van der Waals surface area contributed by atoms with Gasteiger partial charge in [0.1, 0.15) is 23.0 Å². The molecule has 3 N–H and O–H groups in total. The fourth-order valence-electron chi connectivity index (χ4n) is 4.48. The van der Waals surface area contributed by atoms with Crippen molar-refractivity contribution >= 4 is 33.8 Å². The monoisotopic (exact) mass is 485 g/mol. The van der Waals surface area contributed by atoms with E-state index in [9.17, 15) is 23.1 Å². The fraction of sp³-hybridized carbons (Fsp3) is 0.348. The molecule has 0 spiro atoms. The number of aromatic nitrogens is 5. The Bertz CT molecular complexity index is 1430. The number of nitrogens with zero attached hydrogens (tertiary/aromatic N) is 6. The molecule has 1 atom stereocenters. The summed E-state index contributed by atoms with van der Waals surface area (Å²) in [6.07, 6.45) is 0.227. The number of hydrogen-bond acceptors (Lipinski definition) is 7. The average molecular weight is 485 g/mol. The number of aliphatic hydroxyl groups is 1. The number of hydrogen-bond donors (Lipinski definition) is 2. The molecule has 4 aromatic heterocycles. The molecule has 12 heteroatoms. The molecule has 1 saturated heterocycles. The van der Waals surface area contributed by atoms with E-state index in [0.29, 0.717) is 48.2 Å². The number of nitrogen functional groups attached to an aromatic ring is 1. The minimum Gasteiger partial charge on any atom is -0.384 e. The molecule has 0 bridgehead atoms. The highest BCUT2D eigenvalue weighted by Gasteiger charge is 2.34. The second kappa shape index (κ2) is 8.45. The van der Waals surface area contributed by atoms with Crippen molar-refractivity contribution in [3.05, 3.63) is 42.5 Å². The van der Waals surface area contributed by atoms with Crippen molar-refractivity contribution in [3.8, 4) is 11.3 Å². The molecule has 5 rings (SSSR count). The zero-order valence-electron chi connectivity index (χ0n) is 18.7. The molecule has 4 aromatic rings. The first-order valence-corrected chi connectivity index (χ1v) is 11.1. The number of nitrogens with two attached hydrogens (primary N) is 1. The molecule has 0 radical (unpaired) electrons. The van der Waals surface area contributed by atoms with Gasteiger partial charge in [0.2, 0.25) is 0 Å².